The van der Waals surface area contributed by atoms with Crippen LogP contribution in [0.2, 0.25) is 0 Å². The Balaban J connectivity index is 0.000000441. The molecule has 0 radical (unpaired) electrons. The predicted octanol–water partition coefficient (Wildman–Crippen LogP) is 2.78. The Bertz CT molecular complexity index is 418. The number of piperidine rings is 1. The van der Waals surface area contributed by atoms with Gasteiger partial charge in [0.15, 0.2) is 0 Å². The highest BCUT2D eigenvalue weighted by molar-refractivity contribution is 5.81. The number of hydrogen-bond donors (Lipinski definition) is 2. The lowest BCUT2D eigenvalue weighted by Gasteiger charge is -2.21. The summed E-state index contributed by atoms with van der Waals surface area (Å²) in [5.41, 5.74) is 1.72. The first-order valence-electron chi connectivity index (χ1n) is 6.93. The first-order chi connectivity index (χ1) is 9.54. The molecule has 0 aliphatic carbocycles. The van der Waals surface area contributed by atoms with Crippen LogP contribution in [0.1, 0.15) is 33.6 Å². The number of allylic oxidation sites excluding steroid dienone is 3. The Labute approximate surface area is 123 Å². The van der Waals surface area contributed by atoms with E-state index in [2.05, 4.69) is 35.6 Å². The molecular weight excluding hydrogens is 248 g/mol. The fourth-order valence-corrected chi connectivity index (χ4v) is 1.66. The van der Waals surface area contributed by atoms with Crippen LogP contribution in [0.3, 0.4) is 0 Å². The maximum Gasteiger partial charge on any atom is 0.228 e. The number of amides is 1. The molecule has 1 saturated heterocycles. The summed E-state index contributed by atoms with van der Waals surface area (Å²) in [6.45, 7) is 14.8. The van der Waals surface area contributed by atoms with Crippen LogP contribution in [0.4, 0.5) is 0 Å². The maximum absolute atomic E-state index is 11.5. The number of nitrogens with one attached hydrogen (secondary N) is 2. The molecule has 1 rings (SSSR count). The monoisotopic (exact) mass is 274 g/mol. The minimum atomic E-state index is 0.0529. The van der Waals surface area contributed by atoms with E-state index in [9.17, 15) is 4.79 Å². The average Bonchev–Trinajstić information content (AvgIpc) is 2.48. The summed E-state index contributed by atoms with van der Waals surface area (Å²) in [4.78, 5) is 11.5. The topological polar surface area (TPSA) is 41.1 Å². The largest absolute Gasteiger partial charge is 0.326 e. The van der Waals surface area contributed by atoms with Crippen LogP contribution < -0.4 is 10.6 Å². The van der Waals surface area contributed by atoms with Gasteiger partial charge in [-0.1, -0.05) is 25.2 Å². The third-order valence-corrected chi connectivity index (χ3v) is 2.95. The molecule has 0 spiro atoms. The molecule has 20 heavy (non-hydrogen) atoms. The smallest absolute Gasteiger partial charge is 0.228 e. The van der Waals surface area contributed by atoms with Gasteiger partial charge in [-0.15, -0.1) is 5.92 Å². The molecule has 3 nitrogen and oxygen atoms in total. The third kappa shape index (κ3) is 8.34. The van der Waals surface area contributed by atoms with E-state index in [1.165, 1.54) is 0 Å². The molecule has 0 aromatic carbocycles. The number of hydrogen-bond acceptors (Lipinski definition) is 2. The quantitative estimate of drug-likeness (QED) is 0.614. The lowest BCUT2D eigenvalue weighted by atomic mass is 9.99. The van der Waals surface area contributed by atoms with Crippen LogP contribution in [-0.2, 0) is 4.79 Å². The summed E-state index contributed by atoms with van der Waals surface area (Å²) in [6, 6.07) is 0. The van der Waals surface area contributed by atoms with Gasteiger partial charge in [0.25, 0.3) is 0 Å². The van der Waals surface area contributed by atoms with Gasteiger partial charge < -0.3 is 10.6 Å². The van der Waals surface area contributed by atoms with Crippen molar-refractivity contribution < 1.29 is 4.79 Å². The van der Waals surface area contributed by atoms with E-state index in [1.807, 2.05) is 26.8 Å². The molecule has 1 heterocycles. The van der Waals surface area contributed by atoms with Crippen LogP contribution in [0, 0.1) is 17.8 Å². The minimum absolute atomic E-state index is 0.0529. The molecule has 110 valence electrons. The van der Waals surface area contributed by atoms with E-state index >= 15 is 0 Å². The second-order valence-electron chi connectivity index (χ2n) is 4.61. The van der Waals surface area contributed by atoms with Gasteiger partial charge in [-0.05, 0) is 51.8 Å². The summed E-state index contributed by atoms with van der Waals surface area (Å²) in [5, 5.41) is 5.90. The standard InChI is InChI=1S/C10H16N2O.C7H10/c1-3-8(2)12-10(13)9-5-4-6-11-7-9;1-4-6-7(3)5-2/h3,9,11H,1-2,4-7H2,(H,12,13);5H,1-3H3/b;7-5+. The summed E-state index contributed by atoms with van der Waals surface area (Å²) in [6.07, 6.45) is 5.58. The van der Waals surface area contributed by atoms with E-state index in [0.29, 0.717) is 5.70 Å². The Morgan fingerprint density at radius 3 is 2.60 bits per heavy atom. The SMILES string of the molecule is C=CC(=C)NC(=O)C1CCCNC1.CC#C/C(C)=C/C. The fraction of sp³-hybridized carbons (Fsp3) is 0.471. The van der Waals surface area contributed by atoms with Gasteiger partial charge in [0, 0.05) is 12.2 Å². The van der Waals surface area contributed by atoms with Crippen molar-refractivity contribution in [1.29, 1.82) is 0 Å². The molecule has 0 saturated carbocycles. The van der Waals surface area contributed by atoms with Crippen molar-refractivity contribution in [2.75, 3.05) is 13.1 Å². The highest BCUT2D eigenvalue weighted by atomic mass is 16.1. The molecule has 0 bridgehead atoms. The number of rotatable bonds is 3. The lowest BCUT2D eigenvalue weighted by Crippen LogP contribution is -2.39. The van der Waals surface area contributed by atoms with Crippen molar-refractivity contribution in [3.8, 4) is 11.8 Å². The molecule has 1 atom stereocenters. The summed E-state index contributed by atoms with van der Waals surface area (Å²) >= 11 is 0. The second-order valence-corrected chi connectivity index (χ2v) is 4.61. The molecule has 0 aromatic rings. The minimum Gasteiger partial charge on any atom is -0.326 e. The van der Waals surface area contributed by atoms with E-state index in [-0.39, 0.29) is 11.8 Å². The highest BCUT2D eigenvalue weighted by Crippen LogP contribution is 2.10. The van der Waals surface area contributed by atoms with E-state index in [1.54, 1.807) is 6.08 Å². The molecule has 1 fully saturated rings. The van der Waals surface area contributed by atoms with Gasteiger partial charge in [-0.25, -0.2) is 0 Å². The number of carbonyl (C=O) groups excluding carboxylic acids is 1. The first-order valence-corrected chi connectivity index (χ1v) is 6.93. The van der Waals surface area contributed by atoms with Crippen LogP contribution >= 0.6 is 0 Å². The van der Waals surface area contributed by atoms with Crippen molar-refractivity contribution in [1.82, 2.24) is 10.6 Å². The van der Waals surface area contributed by atoms with Crippen molar-refractivity contribution in [3.63, 3.8) is 0 Å². The van der Waals surface area contributed by atoms with Gasteiger partial charge in [-0.3, -0.25) is 4.79 Å². The molecular formula is C17H26N2O. The Morgan fingerprint density at radius 2 is 2.20 bits per heavy atom. The second kappa shape index (κ2) is 11.1. The Morgan fingerprint density at radius 1 is 1.50 bits per heavy atom. The van der Waals surface area contributed by atoms with Crippen molar-refractivity contribution in [2.45, 2.75) is 33.6 Å². The van der Waals surface area contributed by atoms with Crippen LogP contribution in [0.15, 0.2) is 36.6 Å². The predicted molar refractivity (Wildman–Crippen MR) is 86.0 cm³/mol. The van der Waals surface area contributed by atoms with Crippen molar-refractivity contribution in [3.05, 3.63) is 36.6 Å². The zero-order chi connectivity index (χ0) is 15.4. The van der Waals surface area contributed by atoms with Gasteiger partial charge in [0.2, 0.25) is 5.91 Å². The third-order valence-electron chi connectivity index (χ3n) is 2.95. The van der Waals surface area contributed by atoms with Crippen LogP contribution in [0.25, 0.3) is 0 Å². The lowest BCUT2D eigenvalue weighted by molar-refractivity contribution is -0.124. The van der Waals surface area contributed by atoms with Crippen molar-refractivity contribution in [2.24, 2.45) is 5.92 Å². The van der Waals surface area contributed by atoms with E-state index < -0.39 is 0 Å². The summed E-state index contributed by atoms with van der Waals surface area (Å²) in [5.74, 6) is 5.85. The van der Waals surface area contributed by atoms with Crippen LogP contribution in [0.5, 0.6) is 0 Å². The van der Waals surface area contributed by atoms with Gasteiger partial charge in [0.05, 0.1) is 5.92 Å². The highest BCUT2D eigenvalue weighted by Gasteiger charge is 2.20. The van der Waals surface area contributed by atoms with Gasteiger partial charge in [0.1, 0.15) is 0 Å². The average molecular weight is 274 g/mol. The fourth-order valence-electron chi connectivity index (χ4n) is 1.66. The van der Waals surface area contributed by atoms with Crippen LogP contribution in [-0.4, -0.2) is 19.0 Å². The molecule has 1 aliphatic heterocycles. The summed E-state index contributed by atoms with van der Waals surface area (Å²) in [7, 11) is 0. The van der Waals surface area contributed by atoms with Gasteiger partial charge in [-0.2, -0.15) is 0 Å². The zero-order valence-corrected chi connectivity index (χ0v) is 12.9. The number of carbonyl (C=O) groups is 1. The maximum atomic E-state index is 11.5. The van der Waals surface area contributed by atoms with Crippen molar-refractivity contribution >= 4 is 5.91 Å². The normalized spacial score (nSPS) is 17.8. The molecule has 0 aromatic heterocycles. The van der Waals surface area contributed by atoms with E-state index in [4.69, 9.17) is 0 Å². The Kier molecular flexibility index (Phi) is 10.1. The summed E-state index contributed by atoms with van der Waals surface area (Å²) < 4.78 is 0. The van der Waals surface area contributed by atoms with E-state index in [0.717, 1.165) is 31.5 Å². The first kappa shape index (κ1) is 18.2. The molecule has 3 heteroatoms. The molecule has 2 N–H and O–H groups in total. The Hall–Kier alpha value is -1.79. The molecule has 1 amide bonds. The molecule has 1 aliphatic rings. The van der Waals surface area contributed by atoms with Gasteiger partial charge >= 0.3 is 0 Å². The molecule has 1 unspecified atom stereocenters. The zero-order valence-electron chi connectivity index (χ0n) is 12.9.